The van der Waals surface area contributed by atoms with E-state index in [1.165, 1.54) is 0 Å². The highest BCUT2D eigenvalue weighted by Crippen LogP contribution is 2.29. The summed E-state index contributed by atoms with van der Waals surface area (Å²) in [4.78, 5) is 0. The van der Waals surface area contributed by atoms with Gasteiger partial charge in [-0.05, 0) is 19.0 Å². The maximum absolute atomic E-state index is 8.17. The molecule has 0 bridgehead atoms. The average Bonchev–Trinajstić information content (AvgIpc) is 2.50. The summed E-state index contributed by atoms with van der Waals surface area (Å²) in [5.41, 5.74) is 0. The van der Waals surface area contributed by atoms with Crippen LogP contribution in [0.5, 0.6) is 0 Å². The zero-order chi connectivity index (χ0) is 6.74. The van der Waals surface area contributed by atoms with E-state index in [0.29, 0.717) is 6.42 Å². The molecule has 1 fully saturated rings. The van der Waals surface area contributed by atoms with E-state index in [2.05, 4.69) is 6.07 Å². The maximum Gasteiger partial charge on any atom is 0.403 e. The third-order valence-corrected chi connectivity index (χ3v) is 3.28. The maximum atomic E-state index is 8.17. The molecule has 1 aliphatic rings. The van der Waals surface area contributed by atoms with Crippen LogP contribution in [-0.4, -0.2) is 8.56 Å². The van der Waals surface area contributed by atoms with Gasteiger partial charge >= 0.3 is 8.56 Å². The molecule has 0 spiro atoms. The highest BCUT2D eigenvalue weighted by Gasteiger charge is 2.47. The second-order valence-corrected chi connectivity index (χ2v) is 5.41. The molecule has 0 aromatic heterocycles. The molecule has 0 aromatic rings. The van der Waals surface area contributed by atoms with Crippen molar-refractivity contribution in [1.82, 2.24) is 0 Å². The van der Waals surface area contributed by atoms with Crippen LogP contribution in [0.2, 0.25) is 12.6 Å². The first kappa shape index (κ1) is 6.74. The molecule has 0 N–H and O–H groups in total. The van der Waals surface area contributed by atoms with Gasteiger partial charge in [0, 0.05) is 6.42 Å². The summed E-state index contributed by atoms with van der Waals surface area (Å²) in [5, 5.41) is 8.17. The predicted molar refractivity (Wildman–Crippen MR) is 33.4 cm³/mol. The normalized spacial score (nSPS) is 20.9. The summed E-state index contributed by atoms with van der Waals surface area (Å²) >= 11 is 0. The number of nitrogens with zero attached hydrogens (tertiary/aromatic N) is 1. The minimum Gasteiger partial charge on any atom is -0.257 e. The van der Waals surface area contributed by atoms with E-state index in [0.717, 1.165) is 12.5 Å². The lowest BCUT2D eigenvalue weighted by molar-refractivity contribution is 0.0850. The van der Waals surface area contributed by atoms with Crippen LogP contribution in [0, 0.1) is 11.3 Å². The third-order valence-electron chi connectivity index (χ3n) is 1.29. The fourth-order valence-corrected chi connectivity index (χ4v) is 2.20. The molecule has 1 saturated heterocycles. The molecule has 50 valence electrons. The molecule has 1 rings (SSSR count). The van der Waals surface area contributed by atoms with Gasteiger partial charge in [-0.1, -0.05) is 0 Å². The van der Waals surface area contributed by atoms with E-state index in [-0.39, 0.29) is 0 Å². The first-order chi connectivity index (χ1) is 4.27. The Balaban J connectivity index is 2.00. The van der Waals surface area contributed by atoms with Crippen LogP contribution in [0.3, 0.4) is 0 Å². The molecule has 0 aliphatic carbocycles. The predicted octanol–water partition coefficient (Wildman–Crippen LogP) is 1.32. The van der Waals surface area contributed by atoms with Crippen molar-refractivity contribution in [2.24, 2.45) is 0 Å². The van der Waals surface area contributed by atoms with Gasteiger partial charge < -0.3 is 0 Å². The monoisotopic (exact) mass is 143 g/mol. The molecule has 0 amide bonds. The number of hydrogen-bond acceptors (Lipinski definition) is 3. The number of nitriles is 1. The van der Waals surface area contributed by atoms with E-state index in [1.807, 2.05) is 6.55 Å². The fraction of sp³-hybridized carbons (Fsp3) is 0.800. The summed E-state index contributed by atoms with van der Waals surface area (Å²) < 4.78 is 9.54. The molecule has 0 aromatic carbocycles. The zero-order valence-electron chi connectivity index (χ0n) is 5.39. The number of rotatable bonds is 3. The zero-order valence-corrected chi connectivity index (χ0v) is 6.39. The fourth-order valence-electron chi connectivity index (χ4n) is 0.643. The van der Waals surface area contributed by atoms with Crippen molar-refractivity contribution in [3.8, 4) is 6.07 Å². The lowest BCUT2D eigenvalue weighted by atomic mass is 10.4. The lowest BCUT2D eigenvalue weighted by Crippen LogP contribution is -2.08. The smallest absolute Gasteiger partial charge is 0.257 e. The highest BCUT2D eigenvalue weighted by atomic mass is 28.4. The van der Waals surface area contributed by atoms with Crippen LogP contribution in [0.4, 0.5) is 0 Å². The van der Waals surface area contributed by atoms with Gasteiger partial charge in [0.1, 0.15) is 0 Å². The van der Waals surface area contributed by atoms with Crippen LogP contribution >= 0.6 is 0 Å². The molecular formula is C5H9NO2Si. The van der Waals surface area contributed by atoms with E-state index < -0.39 is 8.56 Å². The summed E-state index contributed by atoms with van der Waals surface area (Å²) in [6.45, 7) is 2.00. The number of hydrogen-bond donors (Lipinski definition) is 0. The largest absolute Gasteiger partial charge is 0.403 e. The van der Waals surface area contributed by atoms with E-state index in [9.17, 15) is 0 Å². The Hall–Kier alpha value is -0.373. The second kappa shape index (κ2) is 2.48. The van der Waals surface area contributed by atoms with Gasteiger partial charge in [-0.25, -0.2) is 0 Å². The van der Waals surface area contributed by atoms with Crippen LogP contribution in [-0.2, 0) is 9.15 Å². The number of unbranched alkanes of at least 4 members (excludes halogenated alkanes) is 1. The standard InChI is InChI=1S/C5H9NO2Si/c1-9(7-8-9)5-3-2-4-6/h2-3,5H2,1H3. The quantitative estimate of drug-likeness (QED) is 0.259. The van der Waals surface area contributed by atoms with Gasteiger partial charge in [0.2, 0.25) is 0 Å². The molecule has 4 heteroatoms. The van der Waals surface area contributed by atoms with Crippen molar-refractivity contribution < 1.29 is 9.15 Å². The van der Waals surface area contributed by atoms with Gasteiger partial charge in [-0.2, -0.15) is 5.26 Å². The van der Waals surface area contributed by atoms with Crippen LogP contribution < -0.4 is 0 Å². The van der Waals surface area contributed by atoms with Gasteiger partial charge in [0.25, 0.3) is 0 Å². The Morgan fingerprint density at radius 1 is 1.56 bits per heavy atom. The summed E-state index contributed by atoms with van der Waals surface area (Å²) in [5.74, 6) is 0. The van der Waals surface area contributed by atoms with E-state index >= 15 is 0 Å². The highest BCUT2D eigenvalue weighted by molar-refractivity contribution is 6.70. The van der Waals surface area contributed by atoms with Crippen LogP contribution in [0.15, 0.2) is 0 Å². The minimum absolute atomic E-state index is 0.620. The Bertz CT molecular complexity index is 138. The molecule has 0 saturated carbocycles. The summed E-state index contributed by atoms with van der Waals surface area (Å²) in [7, 11) is -1.60. The summed E-state index contributed by atoms with van der Waals surface area (Å²) in [6.07, 6.45) is 1.54. The first-order valence-corrected chi connectivity index (χ1v) is 5.53. The molecule has 3 nitrogen and oxygen atoms in total. The average molecular weight is 143 g/mol. The Morgan fingerprint density at radius 3 is 2.67 bits per heavy atom. The Kier molecular flexibility index (Phi) is 1.86. The van der Waals surface area contributed by atoms with E-state index in [1.54, 1.807) is 0 Å². The SMILES string of the molecule is C[Si]1(CCCC#N)OO1. The van der Waals surface area contributed by atoms with Crippen molar-refractivity contribution in [1.29, 1.82) is 5.26 Å². The molecule has 0 radical (unpaired) electrons. The molecule has 0 unspecified atom stereocenters. The first-order valence-electron chi connectivity index (χ1n) is 3.01. The van der Waals surface area contributed by atoms with Crippen molar-refractivity contribution in [2.75, 3.05) is 0 Å². The Labute approximate surface area is 55.4 Å². The third kappa shape index (κ3) is 2.14. The van der Waals surface area contributed by atoms with Gasteiger partial charge in [-0.3, -0.25) is 9.15 Å². The van der Waals surface area contributed by atoms with Crippen molar-refractivity contribution in [3.05, 3.63) is 0 Å². The topological polar surface area (TPSA) is 48.9 Å². The Morgan fingerprint density at radius 2 is 2.22 bits per heavy atom. The summed E-state index contributed by atoms with van der Waals surface area (Å²) in [6, 6.07) is 3.04. The molecule has 0 atom stereocenters. The van der Waals surface area contributed by atoms with Crippen molar-refractivity contribution in [2.45, 2.75) is 25.4 Å². The minimum atomic E-state index is -1.60. The van der Waals surface area contributed by atoms with Gasteiger partial charge in [0.15, 0.2) is 0 Å². The molecule has 9 heavy (non-hydrogen) atoms. The van der Waals surface area contributed by atoms with Crippen LogP contribution in [0.1, 0.15) is 12.8 Å². The van der Waals surface area contributed by atoms with Gasteiger partial charge in [0.05, 0.1) is 6.07 Å². The van der Waals surface area contributed by atoms with Crippen molar-refractivity contribution in [3.63, 3.8) is 0 Å². The lowest BCUT2D eigenvalue weighted by Gasteiger charge is -1.89. The second-order valence-electron chi connectivity index (χ2n) is 2.31. The van der Waals surface area contributed by atoms with Crippen molar-refractivity contribution >= 4 is 8.56 Å². The molecule has 1 aliphatic heterocycles. The van der Waals surface area contributed by atoms with Gasteiger partial charge in [-0.15, -0.1) is 0 Å². The van der Waals surface area contributed by atoms with Crippen LogP contribution in [0.25, 0.3) is 0 Å². The molecular weight excluding hydrogens is 134 g/mol. The van der Waals surface area contributed by atoms with E-state index in [4.69, 9.17) is 14.4 Å². The molecule has 1 heterocycles.